The fraction of sp³-hybridized carbons (Fsp3) is 0.733. The highest BCUT2D eigenvalue weighted by molar-refractivity contribution is 5.78. The van der Waals surface area contributed by atoms with Crippen LogP contribution in [0.25, 0.3) is 0 Å². The summed E-state index contributed by atoms with van der Waals surface area (Å²) in [6.07, 6.45) is 4.21. The van der Waals surface area contributed by atoms with Crippen LogP contribution in [0, 0.1) is 6.92 Å². The predicted octanol–water partition coefficient (Wildman–Crippen LogP) is 0.684. The van der Waals surface area contributed by atoms with Crippen LogP contribution in [0.15, 0.2) is 12.4 Å². The third-order valence-corrected chi connectivity index (χ3v) is 4.17. The van der Waals surface area contributed by atoms with Gasteiger partial charge in [0.15, 0.2) is 0 Å². The molecule has 2 aliphatic heterocycles. The molecule has 6 heteroatoms. The first-order valence-corrected chi connectivity index (χ1v) is 7.67. The lowest BCUT2D eigenvalue weighted by atomic mass is 10.1. The van der Waals surface area contributed by atoms with E-state index in [4.69, 9.17) is 4.74 Å². The number of carbonyl (C=O) groups is 1. The highest BCUT2D eigenvalue weighted by atomic mass is 16.5. The van der Waals surface area contributed by atoms with Gasteiger partial charge in [-0.25, -0.2) is 0 Å². The lowest BCUT2D eigenvalue weighted by Gasteiger charge is -2.41. The van der Waals surface area contributed by atoms with Crippen LogP contribution in [0.2, 0.25) is 0 Å². The van der Waals surface area contributed by atoms with E-state index in [0.717, 1.165) is 13.1 Å². The molecule has 3 heterocycles. The Labute approximate surface area is 125 Å². The van der Waals surface area contributed by atoms with Gasteiger partial charge in [-0.3, -0.25) is 14.4 Å². The van der Waals surface area contributed by atoms with Crippen molar-refractivity contribution in [3.63, 3.8) is 0 Å². The van der Waals surface area contributed by atoms with Crippen molar-refractivity contribution in [2.24, 2.45) is 0 Å². The summed E-state index contributed by atoms with van der Waals surface area (Å²) in [4.78, 5) is 16.5. The van der Waals surface area contributed by atoms with Crippen molar-refractivity contribution >= 4 is 5.91 Å². The van der Waals surface area contributed by atoms with Crippen LogP contribution in [0.4, 0.5) is 0 Å². The average Bonchev–Trinajstić information content (AvgIpc) is 2.78. The van der Waals surface area contributed by atoms with E-state index >= 15 is 0 Å². The fourth-order valence-electron chi connectivity index (χ4n) is 3.14. The second-order valence-electron chi connectivity index (χ2n) is 6.40. The van der Waals surface area contributed by atoms with Crippen molar-refractivity contribution in [1.82, 2.24) is 19.6 Å². The lowest BCUT2D eigenvalue weighted by molar-refractivity contribution is -0.145. The van der Waals surface area contributed by atoms with Crippen LogP contribution >= 0.6 is 0 Å². The van der Waals surface area contributed by atoms with Crippen LogP contribution < -0.4 is 0 Å². The van der Waals surface area contributed by atoms with Crippen LogP contribution in [0.3, 0.4) is 0 Å². The van der Waals surface area contributed by atoms with Gasteiger partial charge in [-0.15, -0.1) is 0 Å². The Morgan fingerprint density at radius 3 is 2.52 bits per heavy atom. The van der Waals surface area contributed by atoms with Crippen molar-refractivity contribution in [2.45, 2.75) is 39.0 Å². The second kappa shape index (κ2) is 5.77. The molecule has 21 heavy (non-hydrogen) atoms. The maximum Gasteiger partial charge on any atom is 0.236 e. The fourth-order valence-corrected chi connectivity index (χ4v) is 3.14. The van der Waals surface area contributed by atoms with Gasteiger partial charge in [0, 0.05) is 32.4 Å². The molecule has 0 N–H and O–H groups in total. The number of morpholine rings is 1. The number of aryl methyl sites for hydroxylation is 1. The summed E-state index contributed by atoms with van der Waals surface area (Å²) in [6, 6.07) is 0.411. The van der Waals surface area contributed by atoms with Gasteiger partial charge in [0.2, 0.25) is 5.91 Å². The monoisotopic (exact) mass is 292 g/mol. The number of hydrogen-bond acceptors (Lipinski definition) is 4. The summed E-state index contributed by atoms with van der Waals surface area (Å²) in [5.74, 6) is 0.215. The van der Waals surface area contributed by atoms with E-state index in [2.05, 4.69) is 16.2 Å². The molecule has 1 aromatic heterocycles. The van der Waals surface area contributed by atoms with Gasteiger partial charge < -0.3 is 9.64 Å². The number of ether oxygens (including phenoxy) is 1. The summed E-state index contributed by atoms with van der Waals surface area (Å²) >= 11 is 0. The second-order valence-corrected chi connectivity index (χ2v) is 6.40. The molecular formula is C15H24N4O2. The van der Waals surface area contributed by atoms with Gasteiger partial charge in [0.1, 0.15) is 0 Å². The Balaban J connectivity index is 1.47. The van der Waals surface area contributed by atoms with Gasteiger partial charge in [-0.2, -0.15) is 5.10 Å². The lowest BCUT2D eigenvalue weighted by Crippen LogP contribution is -2.55. The quantitative estimate of drug-likeness (QED) is 0.822. The van der Waals surface area contributed by atoms with Gasteiger partial charge in [-0.1, -0.05) is 0 Å². The maximum atomic E-state index is 12.3. The molecule has 0 aromatic carbocycles. The number of rotatable bonds is 3. The average molecular weight is 292 g/mol. The number of carbonyl (C=O) groups excluding carboxylic acids is 1. The van der Waals surface area contributed by atoms with Crippen LogP contribution in [0.5, 0.6) is 0 Å². The summed E-state index contributed by atoms with van der Waals surface area (Å²) < 4.78 is 7.68. The molecule has 1 aromatic rings. The summed E-state index contributed by atoms with van der Waals surface area (Å²) in [7, 11) is 0. The Morgan fingerprint density at radius 2 is 1.95 bits per heavy atom. The molecule has 116 valence electrons. The van der Waals surface area contributed by atoms with Gasteiger partial charge in [-0.05, 0) is 26.3 Å². The number of amides is 1. The van der Waals surface area contributed by atoms with E-state index in [9.17, 15) is 4.79 Å². The maximum absolute atomic E-state index is 12.3. The molecule has 3 rings (SSSR count). The van der Waals surface area contributed by atoms with Gasteiger partial charge in [0.25, 0.3) is 0 Å². The smallest absolute Gasteiger partial charge is 0.236 e. The largest absolute Gasteiger partial charge is 0.372 e. The highest BCUT2D eigenvalue weighted by Crippen LogP contribution is 2.21. The molecule has 0 saturated carbocycles. The van der Waals surface area contributed by atoms with Crippen molar-refractivity contribution in [3.8, 4) is 0 Å². The van der Waals surface area contributed by atoms with E-state index in [1.807, 2.05) is 36.5 Å². The highest BCUT2D eigenvalue weighted by Gasteiger charge is 2.32. The molecule has 0 aliphatic carbocycles. The Kier molecular flexibility index (Phi) is 3.99. The zero-order chi connectivity index (χ0) is 15.0. The number of aromatic nitrogens is 2. The Morgan fingerprint density at radius 1 is 1.29 bits per heavy atom. The first-order valence-electron chi connectivity index (χ1n) is 7.67. The van der Waals surface area contributed by atoms with Crippen LogP contribution in [-0.4, -0.2) is 70.4 Å². The zero-order valence-electron chi connectivity index (χ0n) is 13.0. The van der Waals surface area contributed by atoms with Crippen LogP contribution in [0.1, 0.15) is 25.5 Å². The van der Waals surface area contributed by atoms with Crippen LogP contribution in [-0.2, 0) is 9.53 Å². The molecular weight excluding hydrogens is 268 g/mol. The predicted molar refractivity (Wildman–Crippen MR) is 79.0 cm³/mol. The molecule has 0 bridgehead atoms. The Hall–Kier alpha value is -1.40. The number of nitrogens with zero attached hydrogens (tertiary/aromatic N) is 4. The molecule has 6 nitrogen and oxygen atoms in total. The standard InChI is InChI=1S/C15H24N4O2/c1-11-4-16-19(5-11)14-8-17(9-14)10-15(20)18-6-12(2)21-13(3)7-18/h4-5,12-14H,6-10H2,1-3H3/t12-,13-/m0/s1. The van der Waals surface area contributed by atoms with E-state index in [0.29, 0.717) is 25.7 Å². The van der Waals surface area contributed by atoms with Crippen molar-refractivity contribution < 1.29 is 9.53 Å². The first kappa shape index (κ1) is 14.5. The van der Waals surface area contributed by atoms with E-state index in [-0.39, 0.29) is 18.1 Å². The molecule has 2 saturated heterocycles. The number of hydrogen-bond donors (Lipinski definition) is 0. The minimum absolute atomic E-state index is 0.133. The van der Waals surface area contributed by atoms with Gasteiger partial charge in [0.05, 0.1) is 31.0 Å². The molecule has 2 fully saturated rings. The van der Waals surface area contributed by atoms with Gasteiger partial charge >= 0.3 is 0 Å². The first-order chi connectivity index (χ1) is 10.0. The van der Waals surface area contributed by atoms with E-state index in [1.165, 1.54) is 5.56 Å². The van der Waals surface area contributed by atoms with E-state index < -0.39 is 0 Å². The minimum atomic E-state index is 0.133. The van der Waals surface area contributed by atoms with Crippen molar-refractivity contribution in [1.29, 1.82) is 0 Å². The number of likely N-dealkylation sites (tertiary alicyclic amines) is 1. The summed E-state index contributed by atoms with van der Waals surface area (Å²) in [6.45, 7) is 9.83. The molecule has 1 amide bonds. The SMILES string of the molecule is Cc1cnn(C2CN(CC(=O)N3C[C@H](C)O[C@@H](C)C3)C2)c1. The molecule has 2 atom stereocenters. The van der Waals surface area contributed by atoms with Crippen molar-refractivity contribution in [2.75, 3.05) is 32.7 Å². The topological polar surface area (TPSA) is 50.6 Å². The molecule has 0 unspecified atom stereocenters. The summed E-state index contributed by atoms with van der Waals surface area (Å²) in [5.41, 5.74) is 1.18. The minimum Gasteiger partial charge on any atom is -0.372 e. The van der Waals surface area contributed by atoms with Crippen molar-refractivity contribution in [3.05, 3.63) is 18.0 Å². The summed E-state index contributed by atoms with van der Waals surface area (Å²) in [5, 5.41) is 4.34. The third kappa shape index (κ3) is 3.27. The zero-order valence-corrected chi connectivity index (χ0v) is 13.0. The molecule has 0 radical (unpaired) electrons. The van der Waals surface area contributed by atoms with E-state index in [1.54, 1.807) is 0 Å². The third-order valence-electron chi connectivity index (χ3n) is 4.17. The molecule has 0 spiro atoms. The Bertz CT molecular complexity index is 500. The normalized spacial score (nSPS) is 27.7. The molecule has 2 aliphatic rings.